The Hall–Kier alpha value is -7.44. The molecule has 18 heteroatoms. The number of esters is 2. The smallest absolute Gasteiger partial charge is 0.389 e. The zero-order valence-corrected chi connectivity index (χ0v) is 35.3. The highest BCUT2D eigenvalue weighted by atomic mass is 19.4. The summed E-state index contributed by atoms with van der Waals surface area (Å²) in [6.45, 7) is -0.287. The molecule has 0 spiro atoms. The zero-order chi connectivity index (χ0) is 48.7. The molecule has 0 fully saturated rings. The Kier molecular flexibility index (Phi) is 17.5. The first-order valence-electron chi connectivity index (χ1n) is 20.4. The lowest BCUT2D eigenvalue weighted by molar-refractivity contribution is -0.137. The number of rotatable bonds is 21. The molecule has 0 aliphatic carbocycles. The van der Waals surface area contributed by atoms with Crippen molar-refractivity contribution < 1.29 is 74.7 Å². The summed E-state index contributed by atoms with van der Waals surface area (Å²) in [5.41, 5.74) is 13.4. The lowest BCUT2D eigenvalue weighted by Gasteiger charge is -2.26. The standard InChI is InChI=1S/C49H44F6N2O10/c50-48(51,52)23-1-25-64-37-13-17-39(18-14-37)66-46(62)32-9-3-30(4-10-32)7-21-41(58)44(60)43(34-27-35(56)29-36(57)28-34)45(61)42(59)22-8-31-5-11-33(12-6-31)47(63)67-40-19-15-38(16-20-40)65-26-2-24-49(53,54)55/h3-22,27-29,43-45,60-61H,1-2,23-26,56-57H2/b21-7+,22-8+. The van der Waals surface area contributed by atoms with Gasteiger partial charge in [-0.3, -0.25) is 9.59 Å². The monoisotopic (exact) mass is 934 g/mol. The highest BCUT2D eigenvalue weighted by molar-refractivity contribution is 6.01. The van der Waals surface area contributed by atoms with Crippen molar-refractivity contribution in [3.05, 3.63) is 155 Å². The predicted octanol–water partition coefficient (Wildman–Crippen LogP) is 9.10. The molecule has 5 aromatic carbocycles. The van der Waals surface area contributed by atoms with Crippen molar-refractivity contribution in [1.82, 2.24) is 0 Å². The molecule has 12 nitrogen and oxygen atoms in total. The average molecular weight is 935 g/mol. The van der Waals surface area contributed by atoms with Gasteiger partial charge in [-0.1, -0.05) is 36.4 Å². The molecule has 352 valence electrons. The van der Waals surface area contributed by atoms with Crippen molar-refractivity contribution in [2.24, 2.45) is 0 Å². The first-order valence-corrected chi connectivity index (χ1v) is 20.4. The highest BCUT2D eigenvalue weighted by Crippen LogP contribution is 2.30. The van der Waals surface area contributed by atoms with Crippen LogP contribution < -0.4 is 30.4 Å². The number of aliphatic hydroxyl groups excluding tert-OH is 2. The fraction of sp³-hybridized carbons (Fsp3) is 0.224. The maximum Gasteiger partial charge on any atom is 0.389 e. The van der Waals surface area contributed by atoms with E-state index in [4.69, 9.17) is 30.4 Å². The number of halogens is 6. The summed E-state index contributed by atoms with van der Waals surface area (Å²) in [6, 6.07) is 27.2. The molecule has 0 aliphatic heterocycles. The maximum atomic E-state index is 13.4. The second kappa shape index (κ2) is 23.1. The fourth-order valence-corrected chi connectivity index (χ4v) is 6.27. The summed E-state index contributed by atoms with van der Waals surface area (Å²) >= 11 is 0. The lowest BCUT2D eigenvalue weighted by atomic mass is 9.83. The minimum atomic E-state index is -4.28. The molecule has 0 aromatic heterocycles. The summed E-state index contributed by atoms with van der Waals surface area (Å²) in [6.07, 6.45) is -10.1. The molecule has 0 heterocycles. The van der Waals surface area contributed by atoms with Crippen LogP contribution in [0.4, 0.5) is 37.7 Å². The van der Waals surface area contributed by atoms with E-state index in [1.807, 2.05) is 0 Å². The van der Waals surface area contributed by atoms with Gasteiger partial charge in [-0.25, -0.2) is 9.59 Å². The van der Waals surface area contributed by atoms with E-state index in [-0.39, 0.29) is 65.6 Å². The quantitative estimate of drug-likeness (QED) is 0.0136. The van der Waals surface area contributed by atoms with Crippen LogP contribution in [0.15, 0.2) is 127 Å². The van der Waals surface area contributed by atoms with Gasteiger partial charge in [0.25, 0.3) is 0 Å². The van der Waals surface area contributed by atoms with Crippen molar-refractivity contribution >= 4 is 47.0 Å². The van der Waals surface area contributed by atoms with Gasteiger partial charge in [0.2, 0.25) is 0 Å². The number of alkyl halides is 6. The molecule has 0 aliphatic rings. The maximum absolute atomic E-state index is 13.4. The van der Waals surface area contributed by atoms with E-state index in [9.17, 15) is 55.7 Å². The number of ketones is 2. The third-order valence-electron chi connectivity index (χ3n) is 9.64. The Bertz CT molecular complexity index is 2350. The van der Waals surface area contributed by atoms with Crippen LogP contribution in [0.25, 0.3) is 12.2 Å². The van der Waals surface area contributed by atoms with Gasteiger partial charge in [0.15, 0.2) is 11.6 Å². The molecule has 2 unspecified atom stereocenters. The Labute approximate surface area is 380 Å². The lowest BCUT2D eigenvalue weighted by Crippen LogP contribution is -2.38. The number of ether oxygens (including phenoxy) is 4. The van der Waals surface area contributed by atoms with Crippen LogP contribution in [0.5, 0.6) is 23.0 Å². The number of carbonyl (C=O) groups is 4. The minimum absolute atomic E-state index is 0.0953. The predicted molar refractivity (Wildman–Crippen MR) is 235 cm³/mol. The van der Waals surface area contributed by atoms with E-state index in [0.29, 0.717) is 22.6 Å². The third-order valence-corrected chi connectivity index (χ3v) is 9.64. The van der Waals surface area contributed by atoms with E-state index in [2.05, 4.69) is 0 Å². The van der Waals surface area contributed by atoms with Gasteiger partial charge in [0.05, 0.1) is 30.3 Å². The average Bonchev–Trinajstić information content (AvgIpc) is 3.28. The molecule has 0 radical (unpaired) electrons. The molecule has 67 heavy (non-hydrogen) atoms. The largest absolute Gasteiger partial charge is 0.494 e. The van der Waals surface area contributed by atoms with Gasteiger partial charge in [0, 0.05) is 24.2 Å². The summed E-state index contributed by atoms with van der Waals surface area (Å²) in [5, 5.41) is 22.6. The molecular formula is C49H44F6N2O10. The molecular weight excluding hydrogens is 891 g/mol. The van der Waals surface area contributed by atoms with Crippen LogP contribution in [0.3, 0.4) is 0 Å². The van der Waals surface area contributed by atoms with Gasteiger partial charge in [-0.15, -0.1) is 0 Å². The Morgan fingerprint density at radius 2 is 0.866 bits per heavy atom. The first kappa shape index (κ1) is 50.6. The van der Waals surface area contributed by atoms with Gasteiger partial charge >= 0.3 is 24.3 Å². The van der Waals surface area contributed by atoms with Gasteiger partial charge < -0.3 is 40.6 Å². The van der Waals surface area contributed by atoms with Crippen LogP contribution in [-0.2, 0) is 9.59 Å². The number of hydrogen-bond donors (Lipinski definition) is 4. The number of carbonyl (C=O) groups excluding carboxylic acids is 4. The SMILES string of the molecule is Nc1cc(N)cc(C(C(O)C(=O)/C=C/c2ccc(C(=O)Oc3ccc(OCCCC(F)(F)F)cc3)cc2)C(O)C(=O)/C=C/c2ccc(C(=O)Oc3ccc(OCCCC(F)(F)F)cc3)cc2)c1. The van der Waals surface area contributed by atoms with E-state index in [1.54, 1.807) is 0 Å². The van der Waals surface area contributed by atoms with Crippen LogP contribution in [-0.4, -0.2) is 71.5 Å². The van der Waals surface area contributed by atoms with Gasteiger partial charge in [-0.05, 0) is 133 Å². The summed E-state index contributed by atoms with van der Waals surface area (Å²) in [5.74, 6) is -3.90. The van der Waals surface area contributed by atoms with Crippen LogP contribution in [0.2, 0.25) is 0 Å². The van der Waals surface area contributed by atoms with Crippen molar-refractivity contribution in [3.63, 3.8) is 0 Å². The second-order valence-corrected chi connectivity index (χ2v) is 14.9. The van der Waals surface area contributed by atoms with Gasteiger partial charge in [-0.2, -0.15) is 26.3 Å². The normalized spacial score (nSPS) is 13.2. The van der Waals surface area contributed by atoms with Crippen molar-refractivity contribution in [2.75, 3.05) is 24.7 Å². The van der Waals surface area contributed by atoms with Gasteiger partial charge in [0.1, 0.15) is 35.2 Å². The zero-order valence-electron chi connectivity index (χ0n) is 35.3. The minimum Gasteiger partial charge on any atom is -0.494 e. The number of aliphatic hydroxyl groups is 2. The van der Waals surface area contributed by atoms with E-state index < -0.39 is 66.8 Å². The van der Waals surface area contributed by atoms with Crippen molar-refractivity contribution in [2.45, 2.75) is 56.2 Å². The summed E-state index contributed by atoms with van der Waals surface area (Å²) in [7, 11) is 0. The molecule has 5 rings (SSSR count). The van der Waals surface area contributed by atoms with Crippen LogP contribution in [0.1, 0.15) is 69.0 Å². The molecule has 2 atom stereocenters. The molecule has 0 saturated carbocycles. The molecule has 0 bridgehead atoms. The molecule has 0 amide bonds. The molecule has 5 aromatic rings. The van der Waals surface area contributed by atoms with Crippen molar-refractivity contribution in [3.8, 4) is 23.0 Å². The van der Waals surface area contributed by atoms with Crippen LogP contribution in [0, 0.1) is 0 Å². The molecule has 6 N–H and O–H groups in total. The number of hydrogen-bond acceptors (Lipinski definition) is 12. The Morgan fingerprint density at radius 3 is 1.21 bits per heavy atom. The first-order chi connectivity index (χ1) is 31.7. The van der Waals surface area contributed by atoms with Crippen molar-refractivity contribution in [1.29, 1.82) is 0 Å². The number of nitrogens with two attached hydrogens (primary N) is 2. The number of benzene rings is 5. The van der Waals surface area contributed by atoms with Crippen LogP contribution >= 0.6 is 0 Å². The number of nitrogen functional groups attached to an aromatic ring is 2. The number of anilines is 2. The van der Waals surface area contributed by atoms with E-state index >= 15 is 0 Å². The van der Waals surface area contributed by atoms with E-state index in [1.165, 1.54) is 127 Å². The third kappa shape index (κ3) is 16.5. The highest BCUT2D eigenvalue weighted by Gasteiger charge is 2.36. The Balaban J connectivity index is 1.17. The Morgan fingerprint density at radius 1 is 0.522 bits per heavy atom. The second-order valence-electron chi connectivity index (χ2n) is 14.9. The van der Waals surface area contributed by atoms with E-state index in [0.717, 1.165) is 12.2 Å². The fourth-order valence-electron chi connectivity index (χ4n) is 6.27. The molecule has 0 saturated heterocycles. The summed E-state index contributed by atoms with van der Waals surface area (Å²) in [4.78, 5) is 52.2. The summed E-state index contributed by atoms with van der Waals surface area (Å²) < 4.78 is 95.3. The topological polar surface area (TPSA) is 198 Å².